The van der Waals surface area contributed by atoms with Crippen molar-refractivity contribution in [2.75, 3.05) is 31.6 Å². The number of rotatable bonds is 3. The van der Waals surface area contributed by atoms with Crippen molar-refractivity contribution in [3.8, 4) is 0 Å². The molecule has 0 bridgehead atoms. The Balaban J connectivity index is 1.95. The van der Waals surface area contributed by atoms with E-state index in [2.05, 4.69) is 38.5 Å². The Bertz CT molecular complexity index is 609. The lowest BCUT2D eigenvalue weighted by atomic mass is 10.3. The van der Waals surface area contributed by atoms with E-state index >= 15 is 0 Å². The topological polar surface area (TPSA) is 65.6 Å². The predicted molar refractivity (Wildman–Crippen MR) is 114 cm³/mol. The Morgan fingerprint density at radius 2 is 1.80 bits per heavy atom. The van der Waals surface area contributed by atoms with Gasteiger partial charge >= 0.3 is 6.03 Å². The number of hydrogen-bond acceptors (Lipinski definition) is 3. The fraction of sp³-hybridized carbons (Fsp3) is 0.429. The van der Waals surface area contributed by atoms with Gasteiger partial charge in [-0.15, -0.1) is 0 Å². The number of thiocarbonyl (C=S) groups is 1. The summed E-state index contributed by atoms with van der Waals surface area (Å²) < 4.78 is 4.52. The van der Waals surface area contributed by atoms with E-state index in [1.54, 1.807) is 4.90 Å². The monoisotopic (exact) mass is 536 g/mol. The van der Waals surface area contributed by atoms with E-state index in [1.165, 1.54) is 0 Å². The molecule has 1 aliphatic rings. The van der Waals surface area contributed by atoms with E-state index < -0.39 is 9.96 Å². The summed E-state index contributed by atoms with van der Waals surface area (Å²) in [7, 11) is 0. The lowest BCUT2D eigenvalue weighted by Crippen LogP contribution is -2.59. The van der Waals surface area contributed by atoms with Gasteiger partial charge < -0.3 is 25.6 Å². The van der Waals surface area contributed by atoms with Gasteiger partial charge in [-0.05, 0) is 59.1 Å². The minimum atomic E-state index is -1.79. The zero-order valence-electron chi connectivity index (χ0n) is 12.9. The van der Waals surface area contributed by atoms with E-state index in [0.29, 0.717) is 26.3 Å². The number of amides is 2. The summed E-state index contributed by atoms with van der Waals surface area (Å²) in [4.78, 5) is 13.9. The van der Waals surface area contributed by atoms with Crippen LogP contribution in [0.25, 0.3) is 0 Å². The highest BCUT2D eigenvalue weighted by molar-refractivity contribution is 14.1. The lowest BCUT2D eigenvalue weighted by molar-refractivity contribution is 0.0524. The number of halogens is 4. The second-order valence-corrected chi connectivity index (χ2v) is 9.15. The minimum absolute atomic E-state index is 0.222. The predicted octanol–water partition coefficient (Wildman–Crippen LogP) is 3.32. The molecule has 1 aromatic carbocycles. The number of morpholine rings is 1. The summed E-state index contributed by atoms with van der Waals surface area (Å²) >= 11 is 25.4. The van der Waals surface area contributed by atoms with Gasteiger partial charge in [-0.2, -0.15) is 0 Å². The lowest BCUT2D eigenvalue weighted by Gasteiger charge is -2.32. The van der Waals surface area contributed by atoms with Crippen LogP contribution >= 0.6 is 69.6 Å². The van der Waals surface area contributed by atoms with Crippen LogP contribution in [-0.4, -0.2) is 52.3 Å². The highest BCUT2D eigenvalue weighted by atomic mass is 127. The molecule has 0 unspecified atom stereocenters. The summed E-state index contributed by atoms with van der Waals surface area (Å²) in [5.41, 5.74) is 0.778. The van der Waals surface area contributed by atoms with Crippen LogP contribution in [0.4, 0.5) is 10.5 Å². The molecule has 2 rings (SSSR count). The Kier molecular flexibility index (Phi) is 8.09. The number of alkyl halides is 3. The summed E-state index contributed by atoms with van der Waals surface area (Å²) in [5.74, 6) is 0. The molecule has 138 valence electrons. The molecule has 1 saturated heterocycles. The number of carbonyl (C=O) groups excluding carboxylic acids is 1. The minimum Gasteiger partial charge on any atom is -0.378 e. The first-order chi connectivity index (χ1) is 11.8. The van der Waals surface area contributed by atoms with Gasteiger partial charge in [-0.3, -0.25) is 0 Å². The molecule has 0 spiro atoms. The summed E-state index contributed by atoms with van der Waals surface area (Å²) in [5, 5.41) is 8.67. The number of benzene rings is 1. The summed E-state index contributed by atoms with van der Waals surface area (Å²) in [6.45, 7) is 1.91. The van der Waals surface area contributed by atoms with Crippen LogP contribution in [0, 0.1) is 3.57 Å². The third-order valence-electron chi connectivity index (χ3n) is 3.27. The third kappa shape index (κ3) is 7.10. The second kappa shape index (κ2) is 9.61. The molecule has 0 saturated carbocycles. The second-order valence-electron chi connectivity index (χ2n) is 5.13. The fourth-order valence-electron chi connectivity index (χ4n) is 2.01. The summed E-state index contributed by atoms with van der Waals surface area (Å²) in [6.07, 6.45) is -1.00. The average molecular weight is 538 g/mol. The first-order valence-corrected chi connectivity index (χ1v) is 9.91. The average Bonchev–Trinajstić information content (AvgIpc) is 2.56. The van der Waals surface area contributed by atoms with Crippen LogP contribution in [0.1, 0.15) is 0 Å². The maximum absolute atomic E-state index is 12.3. The molecule has 6 nitrogen and oxygen atoms in total. The number of ether oxygens (including phenoxy) is 1. The van der Waals surface area contributed by atoms with Gasteiger partial charge in [0.1, 0.15) is 0 Å². The molecule has 1 atom stereocenters. The molecule has 1 aromatic rings. The van der Waals surface area contributed by atoms with Crippen LogP contribution in [0.15, 0.2) is 24.3 Å². The van der Waals surface area contributed by atoms with Crippen LogP contribution in [0.5, 0.6) is 0 Å². The largest absolute Gasteiger partial charge is 0.378 e. The van der Waals surface area contributed by atoms with Crippen molar-refractivity contribution >= 4 is 86.4 Å². The standard InChI is InChI=1S/C14H16Cl3IN4O2S/c15-14(16,17)11(21-13(23)22-5-7-24-8-6-22)20-12(25)19-10-3-1-9(18)2-4-10/h1-4,11H,5-8H2,(H,21,23)(H2,19,20,25)/t11-/m0/s1. The van der Waals surface area contributed by atoms with Crippen molar-refractivity contribution in [1.82, 2.24) is 15.5 Å². The number of carbonyl (C=O) groups is 1. The van der Waals surface area contributed by atoms with Gasteiger partial charge in [0.25, 0.3) is 0 Å². The molecule has 1 aliphatic heterocycles. The number of nitrogens with zero attached hydrogens (tertiary/aromatic N) is 1. The molecule has 2 amide bonds. The van der Waals surface area contributed by atoms with E-state index in [9.17, 15) is 4.79 Å². The van der Waals surface area contributed by atoms with Gasteiger partial charge in [-0.25, -0.2) is 4.79 Å². The molecule has 11 heteroatoms. The Labute approximate surface area is 180 Å². The number of hydrogen-bond donors (Lipinski definition) is 3. The molecule has 1 fully saturated rings. The van der Waals surface area contributed by atoms with Gasteiger partial charge in [0.15, 0.2) is 11.3 Å². The molecular weight excluding hydrogens is 522 g/mol. The Morgan fingerprint density at radius 3 is 2.36 bits per heavy atom. The molecule has 0 radical (unpaired) electrons. The van der Waals surface area contributed by atoms with Crippen LogP contribution in [0.3, 0.4) is 0 Å². The number of nitrogens with one attached hydrogen (secondary N) is 3. The van der Waals surface area contributed by atoms with Crippen molar-refractivity contribution in [1.29, 1.82) is 0 Å². The first kappa shape index (κ1) is 21.0. The SMILES string of the molecule is O=C(N[C@H](NC(=S)Nc1ccc(I)cc1)C(Cl)(Cl)Cl)N1CCOCC1. The normalized spacial score (nSPS) is 16.1. The van der Waals surface area contributed by atoms with Gasteiger partial charge in [0.05, 0.1) is 13.2 Å². The van der Waals surface area contributed by atoms with Gasteiger partial charge in [-0.1, -0.05) is 34.8 Å². The number of urea groups is 1. The smallest absolute Gasteiger partial charge is 0.319 e. The van der Waals surface area contributed by atoms with Crippen molar-refractivity contribution in [2.45, 2.75) is 9.96 Å². The van der Waals surface area contributed by atoms with Crippen molar-refractivity contribution < 1.29 is 9.53 Å². The Hall–Kier alpha value is -0.260. The third-order valence-corrected chi connectivity index (χ3v) is 4.86. The van der Waals surface area contributed by atoms with E-state index in [4.69, 9.17) is 51.8 Å². The van der Waals surface area contributed by atoms with E-state index in [-0.39, 0.29) is 11.1 Å². The van der Waals surface area contributed by atoms with E-state index in [1.807, 2.05) is 24.3 Å². The molecule has 1 heterocycles. The maximum Gasteiger partial charge on any atom is 0.319 e. The van der Waals surface area contributed by atoms with Gasteiger partial charge in [0, 0.05) is 22.3 Å². The highest BCUT2D eigenvalue weighted by Crippen LogP contribution is 2.29. The molecular formula is C14H16Cl3IN4O2S. The fourth-order valence-corrected chi connectivity index (χ4v) is 2.94. The zero-order valence-corrected chi connectivity index (χ0v) is 18.1. The van der Waals surface area contributed by atoms with Crippen molar-refractivity contribution in [3.05, 3.63) is 27.8 Å². The maximum atomic E-state index is 12.3. The Morgan fingerprint density at radius 1 is 1.20 bits per heavy atom. The van der Waals surface area contributed by atoms with Gasteiger partial charge in [0.2, 0.25) is 3.79 Å². The highest BCUT2D eigenvalue weighted by Gasteiger charge is 2.35. The van der Waals surface area contributed by atoms with E-state index in [0.717, 1.165) is 9.26 Å². The quantitative estimate of drug-likeness (QED) is 0.239. The summed E-state index contributed by atoms with van der Waals surface area (Å²) in [6, 6.07) is 7.24. The molecule has 0 aromatic heterocycles. The molecule has 3 N–H and O–H groups in total. The molecule has 25 heavy (non-hydrogen) atoms. The van der Waals surface area contributed by atoms with Crippen LogP contribution in [0.2, 0.25) is 0 Å². The van der Waals surface area contributed by atoms with Crippen LogP contribution in [-0.2, 0) is 4.74 Å². The number of anilines is 1. The first-order valence-electron chi connectivity index (χ1n) is 7.28. The van der Waals surface area contributed by atoms with Crippen molar-refractivity contribution in [3.63, 3.8) is 0 Å². The van der Waals surface area contributed by atoms with Crippen molar-refractivity contribution in [2.24, 2.45) is 0 Å². The zero-order chi connectivity index (χ0) is 18.4. The van der Waals surface area contributed by atoms with Crippen LogP contribution < -0.4 is 16.0 Å². The molecule has 0 aliphatic carbocycles.